The van der Waals surface area contributed by atoms with Gasteiger partial charge in [0.2, 0.25) is 0 Å². The molecular weight excluding hydrogens is 368 g/mol. The second kappa shape index (κ2) is 9.85. The molecule has 28 heavy (non-hydrogen) atoms. The Balaban J connectivity index is 1.57. The van der Waals surface area contributed by atoms with Crippen LogP contribution in [0.15, 0.2) is 82.4 Å². The highest BCUT2D eigenvalue weighted by molar-refractivity contribution is 7.99. The number of benzene rings is 2. The summed E-state index contributed by atoms with van der Waals surface area (Å²) in [6.07, 6.45) is 3.85. The van der Waals surface area contributed by atoms with Crippen LogP contribution >= 0.6 is 11.8 Å². The lowest BCUT2D eigenvalue weighted by Crippen LogP contribution is -2.32. The maximum absolute atomic E-state index is 5.68. The lowest BCUT2D eigenvalue weighted by molar-refractivity contribution is -0.713. The summed E-state index contributed by atoms with van der Waals surface area (Å²) in [5, 5.41) is 9.57. The van der Waals surface area contributed by atoms with Crippen molar-refractivity contribution < 1.29 is 4.57 Å². The van der Waals surface area contributed by atoms with Gasteiger partial charge in [-0.1, -0.05) is 0 Å². The van der Waals surface area contributed by atoms with Gasteiger partial charge in [0.05, 0.1) is 24.6 Å². The van der Waals surface area contributed by atoms with Gasteiger partial charge in [-0.05, 0) is 72.2 Å². The van der Waals surface area contributed by atoms with Gasteiger partial charge in [-0.2, -0.15) is 10.2 Å². The van der Waals surface area contributed by atoms with E-state index in [1.165, 1.54) is 5.69 Å². The molecule has 0 unspecified atom stereocenters. The average Bonchev–Trinajstić information content (AvgIpc) is 2.73. The van der Waals surface area contributed by atoms with Crippen molar-refractivity contribution >= 4 is 34.5 Å². The maximum Gasteiger partial charge on any atom is 0.358 e. The molecular formula is C21H25N6S+. The van der Waals surface area contributed by atoms with Gasteiger partial charge in [0.15, 0.2) is 0 Å². The summed E-state index contributed by atoms with van der Waals surface area (Å²) < 4.78 is 2.04. The van der Waals surface area contributed by atoms with Crippen LogP contribution in [0.1, 0.15) is 6.92 Å². The van der Waals surface area contributed by atoms with Gasteiger partial charge >= 0.3 is 5.16 Å². The van der Waals surface area contributed by atoms with Crippen LogP contribution in [0.25, 0.3) is 0 Å². The summed E-state index contributed by atoms with van der Waals surface area (Å²) in [6, 6.07) is 17.4. The highest BCUT2D eigenvalue weighted by Crippen LogP contribution is 2.23. The summed E-state index contributed by atoms with van der Waals surface area (Å²) in [5.74, 6) is 0.970. The van der Waals surface area contributed by atoms with Gasteiger partial charge in [-0.25, -0.2) is 4.57 Å². The van der Waals surface area contributed by atoms with Crippen molar-refractivity contribution in [1.29, 1.82) is 0 Å². The van der Waals surface area contributed by atoms with E-state index in [1.807, 2.05) is 66.5 Å². The number of aromatic nitrogens is 2. The third-order valence-corrected chi connectivity index (χ3v) is 5.28. The zero-order chi connectivity index (χ0) is 19.8. The number of rotatable bonds is 8. The first kappa shape index (κ1) is 19.8. The van der Waals surface area contributed by atoms with E-state index in [0.29, 0.717) is 0 Å². The van der Waals surface area contributed by atoms with Crippen molar-refractivity contribution in [1.82, 2.24) is 4.98 Å². The molecule has 3 rings (SSSR count). The van der Waals surface area contributed by atoms with E-state index >= 15 is 0 Å². The van der Waals surface area contributed by atoms with Crippen molar-refractivity contribution in [2.75, 3.05) is 29.5 Å². The molecule has 1 aromatic heterocycles. The molecule has 1 heterocycles. The van der Waals surface area contributed by atoms with Crippen molar-refractivity contribution in [2.24, 2.45) is 17.3 Å². The zero-order valence-corrected chi connectivity index (χ0v) is 17.0. The third kappa shape index (κ3) is 5.53. The zero-order valence-electron chi connectivity index (χ0n) is 16.2. The minimum Gasteiger partial charge on any atom is -0.399 e. The Hall–Kier alpha value is -2.93. The Kier molecular flexibility index (Phi) is 6.97. The smallest absolute Gasteiger partial charge is 0.358 e. The fourth-order valence-corrected chi connectivity index (χ4v) is 3.57. The molecule has 3 aromatic rings. The number of thioether (sulfide) groups is 1. The van der Waals surface area contributed by atoms with Gasteiger partial charge < -0.3 is 10.6 Å². The molecule has 0 aliphatic heterocycles. The molecule has 0 spiro atoms. The first-order valence-corrected chi connectivity index (χ1v) is 10.2. The second-order valence-electron chi connectivity index (χ2n) is 6.25. The summed E-state index contributed by atoms with van der Waals surface area (Å²) >= 11 is 1.76. The molecule has 0 aliphatic rings. The van der Waals surface area contributed by atoms with E-state index in [-0.39, 0.29) is 0 Å². The molecule has 144 valence electrons. The van der Waals surface area contributed by atoms with Gasteiger partial charge in [0.1, 0.15) is 6.20 Å². The predicted molar refractivity (Wildman–Crippen MR) is 115 cm³/mol. The summed E-state index contributed by atoms with van der Waals surface area (Å²) in [5.41, 5.74) is 9.20. The SMILES string of the molecule is CCN(CCSc1nccc[n+]1C)c1ccc(N=Nc2ccc(N)cc2)cc1. The van der Waals surface area contributed by atoms with Gasteiger partial charge in [-0.15, -0.1) is 0 Å². The van der Waals surface area contributed by atoms with E-state index in [9.17, 15) is 0 Å². The third-order valence-electron chi connectivity index (χ3n) is 4.25. The monoisotopic (exact) mass is 393 g/mol. The number of hydrogen-bond acceptors (Lipinski definition) is 6. The molecule has 0 radical (unpaired) electrons. The predicted octanol–water partition coefficient (Wildman–Crippen LogP) is 4.52. The quantitative estimate of drug-likeness (QED) is 0.201. The lowest BCUT2D eigenvalue weighted by atomic mass is 10.2. The highest BCUT2D eigenvalue weighted by atomic mass is 32.2. The molecule has 0 saturated heterocycles. The van der Waals surface area contributed by atoms with E-state index in [1.54, 1.807) is 11.8 Å². The van der Waals surface area contributed by atoms with Gasteiger partial charge in [0.25, 0.3) is 0 Å². The average molecular weight is 394 g/mol. The molecule has 0 aliphatic carbocycles. The Morgan fingerprint density at radius 3 is 2.29 bits per heavy atom. The summed E-state index contributed by atoms with van der Waals surface area (Å²) in [6.45, 7) is 4.06. The highest BCUT2D eigenvalue weighted by Gasteiger charge is 2.10. The molecule has 0 atom stereocenters. The number of anilines is 2. The van der Waals surface area contributed by atoms with Crippen LogP contribution in [-0.4, -0.2) is 23.8 Å². The Morgan fingerprint density at radius 1 is 1.04 bits per heavy atom. The maximum atomic E-state index is 5.68. The van der Waals surface area contributed by atoms with Crippen LogP contribution in [0.4, 0.5) is 22.7 Å². The van der Waals surface area contributed by atoms with E-state index < -0.39 is 0 Å². The molecule has 2 N–H and O–H groups in total. The number of nitrogens with two attached hydrogens (primary N) is 1. The largest absolute Gasteiger partial charge is 0.399 e. The fourth-order valence-electron chi connectivity index (χ4n) is 2.67. The Labute approximate surface area is 170 Å². The Bertz CT molecular complexity index is 909. The molecule has 6 nitrogen and oxygen atoms in total. The van der Waals surface area contributed by atoms with Crippen LogP contribution in [-0.2, 0) is 7.05 Å². The topological polar surface area (TPSA) is 70.8 Å². The molecule has 2 aromatic carbocycles. The van der Waals surface area contributed by atoms with E-state index in [2.05, 4.69) is 39.2 Å². The standard InChI is InChI=1S/C21H25N6S/c1-3-27(15-16-28-21-23-13-4-14-26(21)2)20-11-9-19(10-12-20)25-24-18-7-5-17(22)6-8-18/h4-14H,3,15-16,22H2,1-2H3/q+1. The van der Waals surface area contributed by atoms with Gasteiger partial charge in [0, 0.05) is 36.3 Å². The van der Waals surface area contributed by atoms with Crippen LogP contribution in [0.3, 0.4) is 0 Å². The van der Waals surface area contributed by atoms with Crippen LogP contribution in [0.5, 0.6) is 0 Å². The lowest BCUT2D eigenvalue weighted by Gasteiger charge is -2.22. The molecule has 0 saturated carbocycles. The molecule has 0 bridgehead atoms. The molecule has 0 amide bonds. The number of nitrogen functional groups attached to an aromatic ring is 1. The van der Waals surface area contributed by atoms with Gasteiger partial charge in [-0.3, -0.25) is 0 Å². The fraction of sp³-hybridized carbons (Fsp3) is 0.238. The van der Waals surface area contributed by atoms with E-state index in [0.717, 1.165) is 41.1 Å². The number of hydrogen-bond donors (Lipinski definition) is 1. The first-order chi connectivity index (χ1) is 13.7. The van der Waals surface area contributed by atoms with Crippen molar-refractivity contribution in [2.45, 2.75) is 12.1 Å². The first-order valence-electron chi connectivity index (χ1n) is 9.21. The minimum atomic E-state index is 0.720. The molecule has 7 heteroatoms. The Morgan fingerprint density at radius 2 is 1.68 bits per heavy atom. The van der Waals surface area contributed by atoms with Crippen molar-refractivity contribution in [3.8, 4) is 0 Å². The van der Waals surface area contributed by atoms with Crippen molar-refractivity contribution in [3.05, 3.63) is 67.0 Å². The van der Waals surface area contributed by atoms with E-state index in [4.69, 9.17) is 5.73 Å². The normalized spacial score (nSPS) is 11.1. The van der Waals surface area contributed by atoms with Crippen molar-refractivity contribution in [3.63, 3.8) is 0 Å². The van der Waals surface area contributed by atoms with Crippen LogP contribution in [0, 0.1) is 0 Å². The molecule has 0 fully saturated rings. The van der Waals surface area contributed by atoms with Crippen LogP contribution in [0.2, 0.25) is 0 Å². The number of azo groups is 1. The van der Waals surface area contributed by atoms with Crippen LogP contribution < -0.4 is 15.2 Å². The minimum absolute atomic E-state index is 0.720. The summed E-state index contributed by atoms with van der Waals surface area (Å²) in [4.78, 5) is 6.76. The number of nitrogens with zero attached hydrogens (tertiary/aromatic N) is 5. The second-order valence-corrected chi connectivity index (χ2v) is 7.31. The summed E-state index contributed by atoms with van der Waals surface area (Å²) in [7, 11) is 2.02. The number of aryl methyl sites for hydroxylation is 1.